The van der Waals surface area contributed by atoms with E-state index in [0.717, 1.165) is 50.5 Å². The summed E-state index contributed by atoms with van der Waals surface area (Å²) >= 11 is 0. The van der Waals surface area contributed by atoms with Gasteiger partial charge in [0.05, 0.1) is 12.3 Å². The quantitative estimate of drug-likeness (QED) is 0.116. The molecule has 0 radical (unpaired) electrons. The highest BCUT2D eigenvalue weighted by Gasteiger charge is 2.22. The van der Waals surface area contributed by atoms with Gasteiger partial charge in [-0.15, -0.1) is 0 Å². The molecule has 0 saturated heterocycles. The summed E-state index contributed by atoms with van der Waals surface area (Å²) in [4.78, 5) is 35.5. The molecule has 0 heterocycles. The van der Waals surface area contributed by atoms with Crippen molar-refractivity contribution in [1.29, 1.82) is 0 Å². The summed E-state index contributed by atoms with van der Waals surface area (Å²) in [6, 6.07) is 4.61. The summed E-state index contributed by atoms with van der Waals surface area (Å²) < 4.78 is 48.8. The molecular weight excluding hydrogens is 531 g/mol. The first-order valence-corrected chi connectivity index (χ1v) is 15.0. The number of amides is 2. The summed E-state index contributed by atoms with van der Waals surface area (Å²) in [5, 5.41) is 14.4. The topological polar surface area (TPSA) is 159 Å². The van der Waals surface area contributed by atoms with Crippen molar-refractivity contribution in [2.75, 3.05) is 11.9 Å². The van der Waals surface area contributed by atoms with Crippen LogP contribution in [0.2, 0.25) is 0 Å². The molecule has 10 nitrogen and oxygen atoms in total. The number of carboxylic acid groups (broad SMARTS) is 1. The molecule has 0 aliphatic heterocycles. The molecule has 0 saturated carbocycles. The van der Waals surface area contributed by atoms with Crippen LogP contribution in [-0.2, 0) is 24.5 Å². The molecule has 0 aliphatic carbocycles. The van der Waals surface area contributed by atoms with Crippen molar-refractivity contribution in [3.05, 3.63) is 23.8 Å². The Kier molecular flexibility index (Phi) is 16.3. The van der Waals surface area contributed by atoms with Crippen LogP contribution in [0.3, 0.4) is 0 Å². The largest absolute Gasteiger partial charge is 0.491 e. The van der Waals surface area contributed by atoms with E-state index in [0.29, 0.717) is 37.1 Å². The third-order valence-electron chi connectivity index (χ3n) is 6.22. The zero-order valence-electron chi connectivity index (χ0n) is 22.9. The number of carbonyl (C=O) groups excluding carboxylic acids is 2. The predicted octanol–water partition coefficient (Wildman–Crippen LogP) is 5.16. The number of ether oxygens (including phenoxy) is 1. The van der Waals surface area contributed by atoms with Gasteiger partial charge >= 0.3 is 5.97 Å². The highest BCUT2D eigenvalue weighted by atomic mass is 32.2. The van der Waals surface area contributed by atoms with Gasteiger partial charge in [-0.1, -0.05) is 63.5 Å². The van der Waals surface area contributed by atoms with Gasteiger partial charge in [-0.05, 0) is 44.2 Å². The summed E-state index contributed by atoms with van der Waals surface area (Å²) in [6.07, 6.45) is 8.15. The minimum atomic E-state index is -4.60. The molecule has 222 valence electrons. The van der Waals surface area contributed by atoms with Crippen LogP contribution in [0.4, 0.5) is 10.1 Å². The average molecular weight is 575 g/mol. The molecule has 4 N–H and O–H groups in total. The fraction of sp³-hybridized carbons (Fsp3) is 0.667. The van der Waals surface area contributed by atoms with Gasteiger partial charge in [0.1, 0.15) is 11.8 Å². The van der Waals surface area contributed by atoms with Gasteiger partial charge in [-0.3, -0.25) is 18.9 Å². The number of unbranched alkanes of at least 4 members (excludes halogenated alkanes) is 8. The van der Waals surface area contributed by atoms with Gasteiger partial charge in [0.15, 0.2) is 0 Å². The van der Waals surface area contributed by atoms with Crippen LogP contribution in [0.1, 0.15) is 96.0 Å². The van der Waals surface area contributed by atoms with Crippen LogP contribution >= 0.6 is 0 Å². The number of alkyl halides is 1. The Balaban J connectivity index is 2.41. The van der Waals surface area contributed by atoms with E-state index in [4.69, 9.17) is 14.4 Å². The lowest BCUT2D eigenvalue weighted by Crippen LogP contribution is -2.43. The number of carboxylic acids is 1. The highest BCUT2D eigenvalue weighted by molar-refractivity contribution is 7.86. The van der Waals surface area contributed by atoms with E-state index in [9.17, 15) is 27.2 Å². The molecule has 0 fully saturated rings. The lowest BCUT2D eigenvalue weighted by atomic mass is 10.0. The van der Waals surface area contributed by atoms with E-state index in [2.05, 4.69) is 10.6 Å². The fourth-order valence-corrected chi connectivity index (χ4v) is 4.56. The molecule has 0 aliphatic rings. The molecular formula is C27H43FN2O8S. The summed E-state index contributed by atoms with van der Waals surface area (Å²) in [6.45, 7) is 3.38. The van der Waals surface area contributed by atoms with E-state index in [1.54, 1.807) is 12.1 Å². The van der Waals surface area contributed by atoms with Gasteiger partial charge in [-0.25, -0.2) is 4.39 Å². The molecule has 2 unspecified atom stereocenters. The maximum Gasteiger partial charge on any atom is 0.303 e. The second-order valence-electron chi connectivity index (χ2n) is 9.72. The van der Waals surface area contributed by atoms with Crippen LogP contribution in [-0.4, -0.2) is 54.0 Å². The second kappa shape index (κ2) is 18.5. The maximum absolute atomic E-state index is 13.2. The average Bonchev–Trinajstić information content (AvgIpc) is 2.85. The molecule has 0 aromatic heterocycles. The molecule has 0 bridgehead atoms. The Morgan fingerprint density at radius 1 is 0.949 bits per heavy atom. The number of aryl methyl sites for hydroxylation is 1. The number of halogens is 1. The lowest BCUT2D eigenvalue weighted by Gasteiger charge is -2.20. The fourth-order valence-electron chi connectivity index (χ4n) is 4.09. The number of para-hydroxylation sites is 1. The van der Waals surface area contributed by atoms with Gasteiger partial charge in [-0.2, -0.15) is 8.42 Å². The Labute approximate surface area is 230 Å². The predicted molar refractivity (Wildman–Crippen MR) is 147 cm³/mol. The van der Waals surface area contributed by atoms with Crippen LogP contribution in [0.15, 0.2) is 18.2 Å². The van der Waals surface area contributed by atoms with E-state index in [1.165, 1.54) is 6.92 Å². The number of hydrogen-bond acceptors (Lipinski definition) is 6. The third-order valence-corrected chi connectivity index (χ3v) is 7.10. The minimum absolute atomic E-state index is 0.0152. The number of aliphatic carboxylic acids is 1. The molecule has 12 heteroatoms. The number of hydrogen-bond donors (Lipinski definition) is 4. The van der Waals surface area contributed by atoms with Crippen LogP contribution in [0.5, 0.6) is 5.75 Å². The van der Waals surface area contributed by atoms with Crippen LogP contribution in [0.25, 0.3) is 0 Å². The normalized spacial score (nSPS) is 12.9. The molecule has 2 amide bonds. The van der Waals surface area contributed by atoms with Crippen molar-refractivity contribution in [2.45, 2.75) is 109 Å². The van der Waals surface area contributed by atoms with Crippen LogP contribution in [0, 0.1) is 6.92 Å². The summed E-state index contributed by atoms with van der Waals surface area (Å²) in [5.41, 5.74) is -0.930. The number of anilines is 1. The smallest absolute Gasteiger partial charge is 0.303 e. The Bertz CT molecular complexity index is 1020. The Hall–Kier alpha value is -2.73. The molecule has 2 atom stereocenters. The number of benzene rings is 1. The van der Waals surface area contributed by atoms with Crippen molar-refractivity contribution in [3.63, 3.8) is 0 Å². The lowest BCUT2D eigenvalue weighted by molar-refractivity contribution is -0.137. The van der Waals surface area contributed by atoms with E-state index >= 15 is 0 Å². The molecule has 39 heavy (non-hydrogen) atoms. The second-order valence-corrected chi connectivity index (χ2v) is 11.3. The monoisotopic (exact) mass is 574 g/mol. The summed E-state index contributed by atoms with van der Waals surface area (Å²) in [5.74, 6) is -1.11. The summed E-state index contributed by atoms with van der Waals surface area (Å²) in [7, 11) is -4.60. The van der Waals surface area contributed by atoms with Crippen molar-refractivity contribution in [1.82, 2.24) is 5.32 Å². The Morgan fingerprint density at radius 2 is 1.51 bits per heavy atom. The number of nitrogens with one attached hydrogen (secondary N) is 2. The maximum atomic E-state index is 13.2. The van der Waals surface area contributed by atoms with Gasteiger partial charge in [0.2, 0.25) is 17.3 Å². The van der Waals surface area contributed by atoms with Crippen molar-refractivity contribution < 1.29 is 41.6 Å². The number of carbonyl (C=O) groups is 3. The first-order valence-electron chi connectivity index (χ1n) is 13.5. The number of rotatable bonds is 21. The molecule has 1 rings (SSSR count). The molecule has 1 aromatic carbocycles. The van der Waals surface area contributed by atoms with Gasteiger partial charge in [0.25, 0.3) is 10.1 Å². The van der Waals surface area contributed by atoms with Crippen molar-refractivity contribution in [3.8, 4) is 5.75 Å². The van der Waals surface area contributed by atoms with Crippen molar-refractivity contribution in [2.24, 2.45) is 0 Å². The molecule has 1 aromatic rings. The molecule has 0 spiro atoms. The zero-order valence-corrected chi connectivity index (χ0v) is 23.7. The Morgan fingerprint density at radius 3 is 2.05 bits per heavy atom. The van der Waals surface area contributed by atoms with E-state index in [-0.39, 0.29) is 31.3 Å². The SMILES string of the molecule is CC(=O)NC(CCCCCCCCCCCC(F)S(=O)(=O)O)C(=O)Nc1c(C)cccc1OCCCC(=O)O. The van der Waals surface area contributed by atoms with E-state index < -0.39 is 27.6 Å². The van der Waals surface area contributed by atoms with Crippen molar-refractivity contribution >= 4 is 33.6 Å². The van der Waals surface area contributed by atoms with Gasteiger partial charge < -0.3 is 20.5 Å². The highest BCUT2D eigenvalue weighted by Crippen LogP contribution is 2.29. The zero-order chi connectivity index (χ0) is 29.3. The standard InChI is InChI=1S/C27H43FN2O8S/c1-20-14-12-16-23(38-19-13-18-25(32)33)26(20)30-27(34)22(29-21(2)31)15-10-8-6-4-3-5-7-9-11-17-24(28)39(35,36)37/h12,14,16,22,24H,3-11,13,15,17-19H2,1-2H3,(H,29,31)(H,30,34)(H,32,33)(H,35,36,37). The first-order chi connectivity index (χ1) is 18.4. The third kappa shape index (κ3) is 15.4. The first kappa shape index (κ1) is 34.3. The van der Waals surface area contributed by atoms with Gasteiger partial charge in [0, 0.05) is 13.3 Å². The van der Waals surface area contributed by atoms with Crippen LogP contribution < -0.4 is 15.4 Å². The minimum Gasteiger partial charge on any atom is -0.491 e. The van der Waals surface area contributed by atoms with E-state index in [1.807, 2.05) is 13.0 Å².